The SMILES string of the molecule is CC(Sc1n[nH]c(COc2ccc(Cl)cc2)n1)C(=O)N(C)C. The van der Waals surface area contributed by atoms with Gasteiger partial charge in [-0.15, -0.1) is 5.10 Å². The van der Waals surface area contributed by atoms with E-state index in [1.165, 1.54) is 11.8 Å². The summed E-state index contributed by atoms with van der Waals surface area (Å²) in [6, 6.07) is 7.08. The van der Waals surface area contributed by atoms with Gasteiger partial charge in [0.1, 0.15) is 12.4 Å². The van der Waals surface area contributed by atoms with Gasteiger partial charge in [-0.3, -0.25) is 9.89 Å². The van der Waals surface area contributed by atoms with Crippen molar-refractivity contribution < 1.29 is 9.53 Å². The Balaban J connectivity index is 1.88. The zero-order valence-electron chi connectivity index (χ0n) is 12.5. The molecule has 22 heavy (non-hydrogen) atoms. The summed E-state index contributed by atoms with van der Waals surface area (Å²) in [5.74, 6) is 1.32. The fourth-order valence-corrected chi connectivity index (χ4v) is 2.66. The van der Waals surface area contributed by atoms with Crippen molar-refractivity contribution in [3.63, 3.8) is 0 Å². The molecule has 6 nitrogen and oxygen atoms in total. The molecule has 0 aliphatic carbocycles. The van der Waals surface area contributed by atoms with E-state index >= 15 is 0 Å². The van der Waals surface area contributed by atoms with E-state index in [2.05, 4.69) is 15.2 Å². The number of halogens is 1. The smallest absolute Gasteiger partial charge is 0.235 e. The van der Waals surface area contributed by atoms with E-state index in [9.17, 15) is 4.79 Å². The van der Waals surface area contributed by atoms with Crippen molar-refractivity contribution in [2.75, 3.05) is 14.1 Å². The van der Waals surface area contributed by atoms with E-state index in [0.29, 0.717) is 21.8 Å². The van der Waals surface area contributed by atoms with Gasteiger partial charge in [-0.25, -0.2) is 4.98 Å². The van der Waals surface area contributed by atoms with Gasteiger partial charge in [0.05, 0.1) is 5.25 Å². The molecule has 1 N–H and O–H groups in total. The van der Waals surface area contributed by atoms with Crippen LogP contribution in [0.4, 0.5) is 0 Å². The second kappa shape index (κ2) is 7.51. The number of carbonyl (C=O) groups is 1. The van der Waals surface area contributed by atoms with Crippen LogP contribution in [0.3, 0.4) is 0 Å². The number of aromatic nitrogens is 3. The van der Waals surface area contributed by atoms with Crippen molar-refractivity contribution in [3.8, 4) is 5.75 Å². The van der Waals surface area contributed by atoms with Gasteiger partial charge in [-0.05, 0) is 31.2 Å². The highest BCUT2D eigenvalue weighted by Crippen LogP contribution is 2.21. The second-order valence-electron chi connectivity index (χ2n) is 4.80. The fraction of sp³-hybridized carbons (Fsp3) is 0.357. The molecular weight excluding hydrogens is 324 g/mol. The Bertz CT molecular complexity index is 630. The van der Waals surface area contributed by atoms with Crippen molar-refractivity contribution in [1.82, 2.24) is 20.1 Å². The number of rotatable bonds is 6. The number of ether oxygens (including phenoxy) is 1. The molecule has 1 aromatic carbocycles. The van der Waals surface area contributed by atoms with Crippen LogP contribution < -0.4 is 4.74 Å². The summed E-state index contributed by atoms with van der Waals surface area (Å²) in [4.78, 5) is 17.6. The lowest BCUT2D eigenvalue weighted by molar-refractivity contribution is -0.127. The summed E-state index contributed by atoms with van der Waals surface area (Å²) < 4.78 is 5.57. The molecule has 1 atom stereocenters. The molecule has 0 spiro atoms. The van der Waals surface area contributed by atoms with Crippen LogP contribution in [0.15, 0.2) is 29.4 Å². The zero-order chi connectivity index (χ0) is 16.1. The lowest BCUT2D eigenvalue weighted by Gasteiger charge is -2.14. The molecule has 0 saturated heterocycles. The number of H-pyrrole nitrogens is 1. The van der Waals surface area contributed by atoms with Crippen molar-refractivity contribution in [2.24, 2.45) is 0 Å². The molecular formula is C14H17ClN4O2S. The Morgan fingerprint density at radius 1 is 1.41 bits per heavy atom. The largest absolute Gasteiger partial charge is 0.486 e. The van der Waals surface area contributed by atoms with Crippen molar-refractivity contribution >= 4 is 29.3 Å². The maximum atomic E-state index is 11.8. The van der Waals surface area contributed by atoms with E-state index in [-0.39, 0.29) is 17.8 Å². The summed E-state index contributed by atoms with van der Waals surface area (Å²) in [6.45, 7) is 2.10. The fourth-order valence-electron chi connectivity index (χ4n) is 1.65. The zero-order valence-corrected chi connectivity index (χ0v) is 14.1. The summed E-state index contributed by atoms with van der Waals surface area (Å²) in [7, 11) is 3.45. The molecule has 0 radical (unpaired) electrons. The first-order valence-corrected chi connectivity index (χ1v) is 7.89. The summed E-state index contributed by atoms with van der Waals surface area (Å²) in [5.41, 5.74) is 0. The number of nitrogens with zero attached hydrogens (tertiary/aromatic N) is 3. The lowest BCUT2D eigenvalue weighted by atomic mass is 10.3. The number of nitrogens with one attached hydrogen (secondary N) is 1. The quantitative estimate of drug-likeness (QED) is 0.818. The molecule has 0 aliphatic rings. The van der Waals surface area contributed by atoms with Crippen LogP contribution in [0.25, 0.3) is 0 Å². The van der Waals surface area contributed by atoms with Gasteiger partial charge in [0, 0.05) is 19.1 Å². The predicted octanol–water partition coefficient (Wildman–Crippen LogP) is 2.61. The average Bonchev–Trinajstić information content (AvgIpc) is 2.93. The van der Waals surface area contributed by atoms with Crippen LogP contribution >= 0.6 is 23.4 Å². The van der Waals surface area contributed by atoms with Crippen LogP contribution in [-0.4, -0.2) is 45.3 Å². The Morgan fingerprint density at radius 3 is 2.73 bits per heavy atom. The molecule has 0 aliphatic heterocycles. The first kappa shape index (κ1) is 16.6. The monoisotopic (exact) mass is 340 g/mol. The molecule has 1 amide bonds. The number of carbonyl (C=O) groups excluding carboxylic acids is 1. The van der Waals surface area contributed by atoms with Crippen molar-refractivity contribution in [2.45, 2.75) is 23.9 Å². The Hall–Kier alpha value is -1.73. The van der Waals surface area contributed by atoms with E-state index in [4.69, 9.17) is 16.3 Å². The van der Waals surface area contributed by atoms with Gasteiger partial charge in [0.15, 0.2) is 5.82 Å². The topological polar surface area (TPSA) is 71.1 Å². The highest BCUT2D eigenvalue weighted by Gasteiger charge is 2.18. The van der Waals surface area contributed by atoms with Crippen LogP contribution in [-0.2, 0) is 11.4 Å². The number of benzene rings is 1. The van der Waals surface area contributed by atoms with Crippen LogP contribution in [0.2, 0.25) is 5.02 Å². The average molecular weight is 341 g/mol. The summed E-state index contributed by atoms with van der Waals surface area (Å²) in [6.07, 6.45) is 0. The van der Waals surface area contributed by atoms with Crippen LogP contribution in [0.1, 0.15) is 12.7 Å². The third kappa shape index (κ3) is 4.64. The number of hydrogen-bond acceptors (Lipinski definition) is 5. The van der Waals surface area contributed by atoms with E-state index in [1.807, 2.05) is 6.92 Å². The third-order valence-electron chi connectivity index (χ3n) is 2.77. The maximum Gasteiger partial charge on any atom is 0.235 e. The maximum absolute atomic E-state index is 11.8. The first-order chi connectivity index (χ1) is 10.5. The normalized spacial score (nSPS) is 12.0. The molecule has 1 unspecified atom stereocenters. The molecule has 0 fully saturated rings. The molecule has 0 saturated carbocycles. The Morgan fingerprint density at radius 2 is 2.09 bits per heavy atom. The number of hydrogen-bond donors (Lipinski definition) is 1. The molecule has 0 bridgehead atoms. The van der Waals surface area contributed by atoms with E-state index in [0.717, 1.165) is 0 Å². The van der Waals surface area contributed by atoms with Crippen LogP contribution in [0, 0.1) is 0 Å². The van der Waals surface area contributed by atoms with Gasteiger partial charge in [-0.2, -0.15) is 0 Å². The number of aromatic amines is 1. The number of amides is 1. The molecule has 1 aromatic heterocycles. The standard InChI is InChI=1S/C14H17ClN4O2S/c1-9(13(20)19(2)3)22-14-16-12(17-18-14)8-21-11-6-4-10(15)5-7-11/h4-7,9H,8H2,1-3H3,(H,16,17,18). The summed E-state index contributed by atoms with van der Waals surface area (Å²) in [5, 5.41) is 7.83. The number of thioether (sulfide) groups is 1. The minimum Gasteiger partial charge on any atom is -0.486 e. The molecule has 1 heterocycles. The minimum atomic E-state index is -0.240. The molecule has 8 heteroatoms. The molecule has 2 rings (SSSR count). The van der Waals surface area contributed by atoms with Gasteiger partial charge in [0.2, 0.25) is 11.1 Å². The van der Waals surface area contributed by atoms with Gasteiger partial charge in [-0.1, -0.05) is 23.4 Å². The van der Waals surface area contributed by atoms with Crippen LogP contribution in [0.5, 0.6) is 5.75 Å². The Labute approximate surface area is 138 Å². The highest BCUT2D eigenvalue weighted by atomic mass is 35.5. The Kier molecular flexibility index (Phi) is 5.68. The lowest BCUT2D eigenvalue weighted by Crippen LogP contribution is -2.29. The van der Waals surface area contributed by atoms with Crippen molar-refractivity contribution in [3.05, 3.63) is 35.1 Å². The van der Waals surface area contributed by atoms with Crippen molar-refractivity contribution in [1.29, 1.82) is 0 Å². The predicted molar refractivity (Wildman–Crippen MR) is 86.2 cm³/mol. The minimum absolute atomic E-state index is 0.0220. The van der Waals surface area contributed by atoms with Gasteiger partial charge >= 0.3 is 0 Å². The van der Waals surface area contributed by atoms with Gasteiger partial charge < -0.3 is 9.64 Å². The summed E-state index contributed by atoms with van der Waals surface area (Å²) >= 11 is 7.12. The second-order valence-corrected chi connectivity index (χ2v) is 6.54. The van der Waals surface area contributed by atoms with Gasteiger partial charge in [0.25, 0.3) is 0 Å². The molecule has 2 aromatic rings. The van der Waals surface area contributed by atoms with E-state index < -0.39 is 0 Å². The highest BCUT2D eigenvalue weighted by molar-refractivity contribution is 8.00. The first-order valence-electron chi connectivity index (χ1n) is 6.63. The van der Waals surface area contributed by atoms with E-state index in [1.54, 1.807) is 43.3 Å². The molecule has 118 valence electrons. The third-order valence-corrected chi connectivity index (χ3v) is 3.97.